The molecule has 0 spiro atoms. The van der Waals surface area contributed by atoms with Gasteiger partial charge in [0.05, 0.1) is 24.2 Å². The van der Waals surface area contributed by atoms with Crippen molar-refractivity contribution in [3.8, 4) is 5.69 Å². The van der Waals surface area contributed by atoms with Crippen molar-refractivity contribution in [1.29, 1.82) is 0 Å². The van der Waals surface area contributed by atoms with E-state index in [-0.39, 0.29) is 34.4 Å². The number of carbonyl (C=O) groups excluding carboxylic acids is 2. The van der Waals surface area contributed by atoms with Gasteiger partial charge in [-0.25, -0.2) is 9.67 Å². The van der Waals surface area contributed by atoms with Crippen molar-refractivity contribution in [1.82, 2.24) is 19.3 Å². The second-order valence-electron chi connectivity index (χ2n) is 8.21. The quantitative estimate of drug-likeness (QED) is 0.105. The highest BCUT2D eigenvalue weighted by Crippen LogP contribution is 2.23. The molecule has 7 nitrogen and oxygen atoms in total. The Morgan fingerprint density at radius 3 is 2.16 bits per heavy atom. The number of ketones is 2. The predicted octanol–water partition coefficient (Wildman–Crippen LogP) is 6.62. The smallest absolute Gasteiger partial charge is 0.265 e. The third kappa shape index (κ3) is 5.68. The molecular formula is C27H17Br2ClN4O3S. The number of thioether (sulfide) groups is 1. The van der Waals surface area contributed by atoms with Gasteiger partial charge in [0.1, 0.15) is 5.39 Å². The van der Waals surface area contributed by atoms with Gasteiger partial charge in [0, 0.05) is 25.1 Å². The van der Waals surface area contributed by atoms with Gasteiger partial charge in [-0.1, -0.05) is 85.6 Å². The molecule has 0 fully saturated rings. The largest absolute Gasteiger partial charge is 0.293 e. The summed E-state index contributed by atoms with van der Waals surface area (Å²) in [5, 5.41) is 5.35. The first-order valence-electron chi connectivity index (χ1n) is 11.2. The van der Waals surface area contributed by atoms with Crippen molar-refractivity contribution < 1.29 is 9.59 Å². The number of halogens is 3. The number of benzene rings is 3. The van der Waals surface area contributed by atoms with Crippen molar-refractivity contribution in [3.05, 3.63) is 114 Å². The van der Waals surface area contributed by atoms with E-state index in [9.17, 15) is 14.4 Å². The van der Waals surface area contributed by atoms with Crippen LogP contribution in [0.5, 0.6) is 0 Å². The summed E-state index contributed by atoms with van der Waals surface area (Å²) in [6.07, 6.45) is 1.42. The first-order valence-corrected chi connectivity index (χ1v) is 14.2. The lowest BCUT2D eigenvalue weighted by Gasteiger charge is -2.12. The van der Waals surface area contributed by atoms with Gasteiger partial charge in [-0.05, 0) is 42.5 Å². The average molecular weight is 673 g/mol. The zero-order valence-electron chi connectivity index (χ0n) is 19.5. The fourth-order valence-electron chi connectivity index (χ4n) is 3.75. The van der Waals surface area contributed by atoms with E-state index in [1.165, 1.54) is 15.4 Å². The third-order valence-corrected chi connectivity index (χ3v) is 7.94. The van der Waals surface area contributed by atoms with Crippen molar-refractivity contribution in [2.24, 2.45) is 0 Å². The molecule has 2 heterocycles. The second-order valence-corrected chi connectivity index (χ2v) is 11.4. The highest BCUT2D eigenvalue weighted by molar-refractivity contribution is 9.10. The highest BCUT2D eigenvalue weighted by atomic mass is 79.9. The Morgan fingerprint density at radius 1 is 0.895 bits per heavy atom. The molecule has 5 aromatic rings. The molecule has 0 aliphatic rings. The summed E-state index contributed by atoms with van der Waals surface area (Å²) in [4.78, 5) is 44.3. The Hall–Kier alpha value is -3.05. The molecule has 0 saturated carbocycles. The third-order valence-electron chi connectivity index (χ3n) is 5.67. The number of carbonyl (C=O) groups is 2. The molecule has 0 radical (unpaired) electrons. The Morgan fingerprint density at radius 2 is 1.53 bits per heavy atom. The Kier molecular flexibility index (Phi) is 7.94. The number of Topliss-reactive ketones (excluding diaryl/α,β-unsaturated/α-hetero) is 2. The topological polar surface area (TPSA) is 86.8 Å². The second kappa shape index (κ2) is 11.4. The summed E-state index contributed by atoms with van der Waals surface area (Å²) in [5.74, 6) is -0.368. The van der Waals surface area contributed by atoms with Crippen LogP contribution in [-0.4, -0.2) is 36.7 Å². The minimum Gasteiger partial charge on any atom is -0.293 e. The molecule has 0 atom stereocenters. The Balaban J connectivity index is 1.56. The van der Waals surface area contributed by atoms with Crippen molar-refractivity contribution in [3.63, 3.8) is 0 Å². The van der Waals surface area contributed by atoms with Gasteiger partial charge < -0.3 is 0 Å². The van der Waals surface area contributed by atoms with Crippen LogP contribution in [0, 0.1) is 0 Å². The molecule has 0 bridgehead atoms. The van der Waals surface area contributed by atoms with Gasteiger partial charge in [0.25, 0.3) is 5.56 Å². The van der Waals surface area contributed by atoms with Crippen LogP contribution in [0.4, 0.5) is 0 Å². The number of nitrogens with zero attached hydrogens (tertiary/aromatic N) is 4. The van der Waals surface area contributed by atoms with Gasteiger partial charge in [0.15, 0.2) is 22.4 Å². The fourth-order valence-corrected chi connectivity index (χ4v) is 5.34. The molecule has 0 amide bonds. The van der Waals surface area contributed by atoms with Crippen LogP contribution in [0.1, 0.15) is 20.7 Å². The van der Waals surface area contributed by atoms with Crippen LogP contribution in [0.3, 0.4) is 0 Å². The molecule has 0 aliphatic heterocycles. The van der Waals surface area contributed by atoms with E-state index in [2.05, 4.69) is 37.0 Å². The molecule has 38 heavy (non-hydrogen) atoms. The van der Waals surface area contributed by atoms with Gasteiger partial charge in [-0.3, -0.25) is 19.0 Å². The number of fused-ring (bicyclic) bond motifs is 1. The maximum atomic E-state index is 13.6. The molecule has 5 rings (SSSR count). The van der Waals surface area contributed by atoms with Gasteiger partial charge in [-0.2, -0.15) is 5.10 Å². The SMILES string of the molecule is O=C(CSc1nc2c(cnn2-c2cccc(Cl)c2)c(=O)n1CC(=O)c1ccc(Br)cc1)c1ccc(Br)cc1. The summed E-state index contributed by atoms with van der Waals surface area (Å²) >= 11 is 14.0. The Bertz CT molecular complexity index is 1730. The average Bonchev–Trinajstić information content (AvgIpc) is 3.34. The number of aromatic nitrogens is 4. The predicted molar refractivity (Wildman–Crippen MR) is 156 cm³/mol. The minimum absolute atomic E-state index is 0.0252. The van der Waals surface area contributed by atoms with E-state index in [0.717, 1.165) is 20.7 Å². The number of rotatable bonds is 8. The van der Waals surface area contributed by atoms with Crippen LogP contribution in [0.25, 0.3) is 16.7 Å². The van der Waals surface area contributed by atoms with E-state index in [4.69, 9.17) is 16.6 Å². The normalized spacial score (nSPS) is 11.1. The molecule has 190 valence electrons. The van der Waals surface area contributed by atoms with E-state index >= 15 is 0 Å². The van der Waals surface area contributed by atoms with Crippen molar-refractivity contribution >= 4 is 77.8 Å². The maximum Gasteiger partial charge on any atom is 0.265 e. The van der Waals surface area contributed by atoms with Crippen molar-refractivity contribution in [2.45, 2.75) is 11.7 Å². The van der Waals surface area contributed by atoms with E-state index in [0.29, 0.717) is 27.5 Å². The van der Waals surface area contributed by atoms with Crippen LogP contribution in [-0.2, 0) is 6.54 Å². The highest BCUT2D eigenvalue weighted by Gasteiger charge is 2.20. The summed E-state index contributed by atoms with van der Waals surface area (Å²) in [6.45, 7) is -0.236. The number of hydrogen-bond acceptors (Lipinski definition) is 6. The zero-order chi connectivity index (χ0) is 26.8. The minimum atomic E-state index is -0.424. The lowest BCUT2D eigenvalue weighted by molar-refractivity contribution is 0.0966. The van der Waals surface area contributed by atoms with Gasteiger partial charge >= 0.3 is 0 Å². The van der Waals surface area contributed by atoms with Crippen LogP contribution < -0.4 is 5.56 Å². The van der Waals surface area contributed by atoms with E-state index in [1.807, 2.05) is 0 Å². The fraction of sp³-hybridized carbons (Fsp3) is 0.0741. The summed E-state index contributed by atoms with van der Waals surface area (Å²) in [7, 11) is 0. The van der Waals surface area contributed by atoms with E-state index < -0.39 is 5.56 Å². The first kappa shape index (κ1) is 26.6. The monoisotopic (exact) mass is 670 g/mol. The molecule has 2 aromatic heterocycles. The van der Waals surface area contributed by atoms with Crippen LogP contribution >= 0.6 is 55.2 Å². The standard InChI is InChI=1S/C27H17Br2ClN4O3S/c28-18-8-4-16(5-9-18)23(35)14-33-26(37)22-13-31-34(21-3-1-2-20(30)12-21)25(22)32-27(33)38-15-24(36)17-6-10-19(29)11-7-17/h1-13H,14-15H2. The maximum absolute atomic E-state index is 13.6. The summed E-state index contributed by atoms with van der Waals surface area (Å²) < 4.78 is 4.52. The summed E-state index contributed by atoms with van der Waals surface area (Å²) in [5.41, 5.74) is 1.50. The molecule has 0 unspecified atom stereocenters. The van der Waals surface area contributed by atoms with Gasteiger partial charge in [-0.15, -0.1) is 0 Å². The van der Waals surface area contributed by atoms with Crippen LogP contribution in [0.15, 0.2) is 97.9 Å². The molecule has 0 saturated heterocycles. The van der Waals surface area contributed by atoms with E-state index in [1.54, 1.807) is 72.8 Å². The van der Waals surface area contributed by atoms with Crippen LogP contribution in [0.2, 0.25) is 5.02 Å². The number of hydrogen-bond donors (Lipinski definition) is 0. The molecule has 0 N–H and O–H groups in total. The molecule has 11 heteroatoms. The molecule has 3 aromatic carbocycles. The molecule has 0 aliphatic carbocycles. The summed E-state index contributed by atoms with van der Waals surface area (Å²) in [6, 6.07) is 20.9. The lowest BCUT2D eigenvalue weighted by Crippen LogP contribution is -2.27. The molecular weight excluding hydrogens is 656 g/mol. The van der Waals surface area contributed by atoms with Crippen molar-refractivity contribution in [2.75, 3.05) is 5.75 Å². The zero-order valence-corrected chi connectivity index (χ0v) is 24.2. The lowest BCUT2D eigenvalue weighted by atomic mass is 10.1. The van der Waals surface area contributed by atoms with Gasteiger partial charge in [0.2, 0.25) is 0 Å². The first-order chi connectivity index (χ1) is 18.3. The Labute approximate surface area is 243 Å².